The van der Waals surface area contributed by atoms with Crippen LogP contribution in [0.4, 0.5) is 11.4 Å². The number of benzene rings is 2. The molecular formula is C24H30N4O2. The largest absolute Gasteiger partial charge is 0.369 e. The van der Waals surface area contributed by atoms with Crippen LogP contribution in [0.1, 0.15) is 34.8 Å². The summed E-state index contributed by atoms with van der Waals surface area (Å²) in [5.41, 5.74) is 5.00. The first-order valence-electron chi connectivity index (χ1n) is 10.8. The molecule has 0 bridgehead atoms. The summed E-state index contributed by atoms with van der Waals surface area (Å²) in [5, 5.41) is 3.08. The number of carbonyl (C=O) groups excluding carboxylic acids is 2. The van der Waals surface area contributed by atoms with Crippen LogP contribution in [0, 0.1) is 0 Å². The molecule has 2 aromatic carbocycles. The first-order chi connectivity index (χ1) is 14.6. The summed E-state index contributed by atoms with van der Waals surface area (Å²) in [4.78, 5) is 31.4. The van der Waals surface area contributed by atoms with Crippen molar-refractivity contribution in [1.82, 2.24) is 10.2 Å². The number of hydrogen-bond acceptors (Lipinski definition) is 4. The minimum absolute atomic E-state index is 0.0775. The summed E-state index contributed by atoms with van der Waals surface area (Å²) in [7, 11) is 2.15. The molecule has 158 valence electrons. The van der Waals surface area contributed by atoms with Gasteiger partial charge in [-0.2, -0.15) is 0 Å². The molecule has 1 N–H and O–H groups in total. The van der Waals surface area contributed by atoms with E-state index in [2.05, 4.69) is 40.4 Å². The zero-order valence-corrected chi connectivity index (χ0v) is 17.9. The Labute approximate surface area is 178 Å². The van der Waals surface area contributed by atoms with Gasteiger partial charge in [0.25, 0.3) is 5.91 Å². The predicted octanol–water partition coefficient (Wildman–Crippen LogP) is 2.67. The smallest absolute Gasteiger partial charge is 0.251 e. The van der Waals surface area contributed by atoms with E-state index in [9.17, 15) is 9.59 Å². The number of piperazine rings is 1. The first-order valence-corrected chi connectivity index (χ1v) is 10.8. The van der Waals surface area contributed by atoms with Gasteiger partial charge in [0.15, 0.2) is 0 Å². The van der Waals surface area contributed by atoms with Crippen molar-refractivity contribution in [3.63, 3.8) is 0 Å². The third-order valence-electron chi connectivity index (χ3n) is 6.12. The van der Waals surface area contributed by atoms with Crippen molar-refractivity contribution in [3.8, 4) is 0 Å². The van der Waals surface area contributed by atoms with Crippen molar-refractivity contribution in [3.05, 3.63) is 59.2 Å². The fourth-order valence-corrected chi connectivity index (χ4v) is 4.29. The molecule has 1 fully saturated rings. The van der Waals surface area contributed by atoms with Gasteiger partial charge in [-0.15, -0.1) is 0 Å². The standard InChI is InChI=1S/C24H30N4O2/c1-3-23(29)28-11-10-18-16-19(8-9-22(18)28)24(30)25-17-20-6-4-5-7-21(20)27-14-12-26(2)13-15-27/h4-9,16H,3,10-15,17H2,1-2H3,(H,25,30). The van der Waals surface area contributed by atoms with E-state index in [1.165, 1.54) is 5.69 Å². The van der Waals surface area contributed by atoms with Crippen LogP contribution in [-0.4, -0.2) is 56.5 Å². The van der Waals surface area contributed by atoms with Gasteiger partial charge in [-0.3, -0.25) is 9.59 Å². The molecule has 2 amide bonds. The molecule has 0 atom stereocenters. The molecule has 2 aliphatic heterocycles. The lowest BCUT2D eigenvalue weighted by Crippen LogP contribution is -2.45. The molecule has 2 heterocycles. The number of hydrogen-bond donors (Lipinski definition) is 1. The summed E-state index contributed by atoms with van der Waals surface area (Å²) >= 11 is 0. The van der Waals surface area contributed by atoms with Gasteiger partial charge >= 0.3 is 0 Å². The van der Waals surface area contributed by atoms with E-state index in [-0.39, 0.29) is 11.8 Å². The maximum atomic E-state index is 12.8. The highest BCUT2D eigenvalue weighted by molar-refractivity contribution is 5.98. The third kappa shape index (κ3) is 4.19. The molecule has 2 aromatic rings. The van der Waals surface area contributed by atoms with Crippen LogP contribution in [0.15, 0.2) is 42.5 Å². The second-order valence-electron chi connectivity index (χ2n) is 8.09. The molecule has 0 unspecified atom stereocenters. The molecule has 0 aliphatic carbocycles. The lowest BCUT2D eigenvalue weighted by atomic mass is 10.1. The molecule has 0 saturated carbocycles. The first kappa shape index (κ1) is 20.4. The molecule has 6 nitrogen and oxygen atoms in total. The van der Waals surface area contributed by atoms with Gasteiger partial charge in [-0.05, 0) is 48.9 Å². The summed E-state index contributed by atoms with van der Waals surface area (Å²) in [6.07, 6.45) is 1.29. The van der Waals surface area contributed by atoms with Gasteiger partial charge in [0.2, 0.25) is 5.91 Å². The Morgan fingerprint density at radius 1 is 0.967 bits per heavy atom. The van der Waals surface area contributed by atoms with E-state index in [1.807, 2.05) is 36.1 Å². The quantitative estimate of drug-likeness (QED) is 0.830. The molecular weight excluding hydrogens is 376 g/mol. The molecule has 30 heavy (non-hydrogen) atoms. The van der Waals surface area contributed by atoms with Crippen LogP contribution in [0.25, 0.3) is 0 Å². The Bertz CT molecular complexity index is 935. The van der Waals surface area contributed by atoms with Gasteiger partial charge in [-0.1, -0.05) is 25.1 Å². The second-order valence-corrected chi connectivity index (χ2v) is 8.09. The fraction of sp³-hybridized carbons (Fsp3) is 0.417. The molecule has 1 saturated heterocycles. The number of rotatable bonds is 5. The molecule has 4 rings (SSSR count). The molecule has 6 heteroatoms. The van der Waals surface area contributed by atoms with E-state index >= 15 is 0 Å². The lowest BCUT2D eigenvalue weighted by molar-refractivity contribution is -0.118. The van der Waals surface area contributed by atoms with E-state index in [1.54, 1.807) is 0 Å². The molecule has 2 aliphatic rings. The SMILES string of the molecule is CCC(=O)N1CCc2cc(C(=O)NCc3ccccc3N3CCN(C)CC3)ccc21. The molecule has 0 spiro atoms. The van der Waals surface area contributed by atoms with Crippen LogP contribution in [0.2, 0.25) is 0 Å². The Balaban J connectivity index is 1.43. The maximum absolute atomic E-state index is 12.8. The average Bonchev–Trinajstić information content (AvgIpc) is 3.21. The van der Waals surface area contributed by atoms with Gasteiger partial charge in [0, 0.05) is 62.6 Å². The van der Waals surface area contributed by atoms with Crippen LogP contribution in [0.5, 0.6) is 0 Å². The van der Waals surface area contributed by atoms with Crippen molar-refractivity contribution in [1.29, 1.82) is 0 Å². The number of nitrogens with zero attached hydrogens (tertiary/aromatic N) is 3. The number of para-hydroxylation sites is 1. The van der Waals surface area contributed by atoms with E-state index in [0.29, 0.717) is 25.1 Å². The van der Waals surface area contributed by atoms with Gasteiger partial charge in [0.05, 0.1) is 0 Å². The lowest BCUT2D eigenvalue weighted by Gasteiger charge is -2.35. The Morgan fingerprint density at radius 2 is 1.73 bits per heavy atom. The van der Waals surface area contributed by atoms with E-state index in [4.69, 9.17) is 0 Å². The maximum Gasteiger partial charge on any atom is 0.251 e. The molecule has 0 aromatic heterocycles. The van der Waals surface area contributed by atoms with Crippen LogP contribution < -0.4 is 15.1 Å². The topological polar surface area (TPSA) is 55.9 Å². The number of nitrogens with one attached hydrogen (secondary N) is 1. The number of likely N-dealkylation sites (N-methyl/N-ethyl adjacent to an activating group) is 1. The van der Waals surface area contributed by atoms with Crippen molar-refractivity contribution in [2.24, 2.45) is 0 Å². The summed E-state index contributed by atoms with van der Waals surface area (Å²) in [5.74, 6) is 0.0534. The Hall–Kier alpha value is -2.86. The van der Waals surface area contributed by atoms with Crippen LogP contribution >= 0.6 is 0 Å². The Morgan fingerprint density at radius 3 is 2.50 bits per heavy atom. The minimum atomic E-state index is -0.0775. The number of fused-ring (bicyclic) bond motifs is 1. The average molecular weight is 407 g/mol. The molecule has 0 radical (unpaired) electrons. The number of anilines is 2. The van der Waals surface area contributed by atoms with E-state index < -0.39 is 0 Å². The highest BCUT2D eigenvalue weighted by atomic mass is 16.2. The van der Waals surface area contributed by atoms with Crippen molar-refractivity contribution < 1.29 is 9.59 Å². The zero-order chi connectivity index (χ0) is 21.1. The van der Waals surface area contributed by atoms with Gasteiger partial charge in [-0.25, -0.2) is 0 Å². The predicted molar refractivity (Wildman–Crippen MR) is 120 cm³/mol. The monoisotopic (exact) mass is 406 g/mol. The normalized spacial score (nSPS) is 16.5. The summed E-state index contributed by atoms with van der Waals surface area (Å²) in [6.45, 7) is 7.17. The van der Waals surface area contributed by atoms with Crippen LogP contribution in [-0.2, 0) is 17.8 Å². The van der Waals surface area contributed by atoms with Crippen molar-refractivity contribution in [2.75, 3.05) is 49.6 Å². The zero-order valence-electron chi connectivity index (χ0n) is 17.9. The fourth-order valence-electron chi connectivity index (χ4n) is 4.29. The van der Waals surface area contributed by atoms with Gasteiger partial charge < -0.3 is 20.0 Å². The van der Waals surface area contributed by atoms with Gasteiger partial charge in [0.1, 0.15) is 0 Å². The summed E-state index contributed by atoms with van der Waals surface area (Å²) in [6, 6.07) is 14.0. The minimum Gasteiger partial charge on any atom is -0.369 e. The Kier molecular flexibility index (Phi) is 6.04. The van der Waals surface area contributed by atoms with Crippen molar-refractivity contribution in [2.45, 2.75) is 26.3 Å². The number of carbonyl (C=O) groups is 2. The van der Waals surface area contributed by atoms with Crippen LogP contribution in [0.3, 0.4) is 0 Å². The number of amides is 2. The van der Waals surface area contributed by atoms with E-state index in [0.717, 1.165) is 49.4 Å². The third-order valence-corrected chi connectivity index (χ3v) is 6.12. The highest BCUT2D eigenvalue weighted by Gasteiger charge is 2.24. The highest BCUT2D eigenvalue weighted by Crippen LogP contribution is 2.29. The van der Waals surface area contributed by atoms with Crippen molar-refractivity contribution >= 4 is 23.2 Å². The second kappa shape index (κ2) is 8.88. The summed E-state index contributed by atoms with van der Waals surface area (Å²) < 4.78 is 0.